The van der Waals surface area contributed by atoms with Crippen molar-refractivity contribution in [2.45, 2.75) is 55.8 Å². The number of aliphatic hydroxyl groups excluding tert-OH is 1. The van der Waals surface area contributed by atoms with E-state index < -0.39 is 40.7 Å². The number of nitrogens with zero attached hydrogens (tertiary/aromatic N) is 1. The Hall–Kier alpha value is -2.74. The summed E-state index contributed by atoms with van der Waals surface area (Å²) in [5.41, 5.74) is 7.07. The molecule has 12 heteroatoms. The minimum atomic E-state index is -3.95. The monoisotopic (exact) mass is 589 g/mol. The lowest BCUT2D eigenvalue weighted by Gasteiger charge is -2.31. The third-order valence-electron chi connectivity index (χ3n) is 7.84. The molecule has 2 aromatic carbocycles. The summed E-state index contributed by atoms with van der Waals surface area (Å²) in [6, 6.07) is 14.5. The van der Waals surface area contributed by atoms with E-state index >= 15 is 0 Å². The standard InChI is InChI=1S/C29H39N3O8S/c1-18(2)13-32(41(35,36)21-10-8-20(30)9-11-21)14-24(33)23(12-19-6-4-3-5-7-19)31-29(34)40-26-17-38-28-27(26)22-15-37-16-25(22)39-28/h3-11,18,22-28,33H,12-17,30H2,1-2H3,(H,31,34). The van der Waals surface area contributed by atoms with Crippen molar-refractivity contribution in [2.75, 3.05) is 38.6 Å². The summed E-state index contributed by atoms with van der Waals surface area (Å²) in [4.78, 5) is 13.3. The van der Waals surface area contributed by atoms with Gasteiger partial charge in [0, 0.05) is 24.7 Å². The van der Waals surface area contributed by atoms with Crippen molar-refractivity contribution in [3.8, 4) is 0 Å². The van der Waals surface area contributed by atoms with Gasteiger partial charge in [-0.05, 0) is 42.2 Å². The van der Waals surface area contributed by atoms with Crippen LogP contribution in [0.4, 0.5) is 10.5 Å². The molecule has 0 bridgehead atoms. The third kappa shape index (κ3) is 6.85. The fraction of sp³-hybridized carbons (Fsp3) is 0.552. The van der Waals surface area contributed by atoms with Crippen molar-refractivity contribution < 1.29 is 37.3 Å². The number of hydrogen-bond acceptors (Lipinski definition) is 9. The zero-order valence-corrected chi connectivity index (χ0v) is 24.1. The molecule has 224 valence electrons. The largest absolute Gasteiger partial charge is 0.443 e. The van der Waals surface area contributed by atoms with Crippen molar-refractivity contribution in [3.63, 3.8) is 0 Å². The van der Waals surface area contributed by atoms with E-state index in [2.05, 4.69) is 5.32 Å². The van der Waals surface area contributed by atoms with Crippen molar-refractivity contribution in [1.29, 1.82) is 0 Å². The molecular formula is C29H39N3O8S. The number of aliphatic hydroxyl groups is 1. The van der Waals surface area contributed by atoms with Crippen LogP contribution in [-0.2, 0) is 35.4 Å². The molecule has 4 N–H and O–H groups in total. The van der Waals surface area contributed by atoms with Crippen LogP contribution in [0.25, 0.3) is 0 Å². The average molecular weight is 590 g/mol. The molecule has 7 unspecified atom stereocenters. The van der Waals surface area contributed by atoms with Gasteiger partial charge in [0.1, 0.15) is 6.10 Å². The molecule has 3 fully saturated rings. The molecule has 41 heavy (non-hydrogen) atoms. The Morgan fingerprint density at radius 1 is 1.10 bits per heavy atom. The lowest BCUT2D eigenvalue weighted by atomic mass is 9.89. The van der Waals surface area contributed by atoms with Crippen LogP contribution in [0.15, 0.2) is 59.5 Å². The van der Waals surface area contributed by atoms with E-state index in [1.807, 2.05) is 44.2 Å². The van der Waals surface area contributed by atoms with Crippen molar-refractivity contribution in [3.05, 3.63) is 60.2 Å². The number of nitrogens with one attached hydrogen (secondary N) is 1. The van der Waals surface area contributed by atoms with Gasteiger partial charge in [-0.3, -0.25) is 0 Å². The van der Waals surface area contributed by atoms with E-state index in [9.17, 15) is 18.3 Å². The highest BCUT2D eigenvalue weighted by atomic mass is 32.2. The van der Waals surface area contributed by atoms with Gasteiger partial charge < -0.3 is 35.1 Å². The van der Waals surface area contributed by atoms with Crippen LogP contribution < -0.4 is 11.1 Å². The van der Waals surface area contributed by atoms with E-state index in [-0.39, 0.29) is 54.9 Å². The topological polar surface area (TPSA) is 150 Å². The Balaban J connectivity index is 1.31. The first-order valence-electron chi connectivity index (χ1n) is 14.0. The van der Waals surface area contributed by atoms with E-state index in [0.717, 1.165) is 5.56 Å². The predicted molar refractivity (Wildman–Crippen MR) is 150 cm³/mol. The number of benzene rings is 2. The number of ether oxygens (including phenoxy) is 4. The number of rotatable bonds is 11. The van der Waals surface area contributed by atoms with Gasteiger partial charge in [0.15, 0.2) is 6.29 Å². The van der Waals surface area contributed by atoms with Gasteiger partial charge in [-0.15, -0.1) is 0 Å². The minimum Gasteiger partial charge on any atom is -0.443 e. The van der Waals surface area contributed by atoms with Crippen LogP contribution in [0, 0.1) is 17.8 Å². The van der Waals surface area contributed by atoms with Gasteiger partial charge in [0.05, 0.1) is 48.9 Å². The zero-order chi connectivity index (χ0) is 29.1. The summed E-state index contributed by atoms with van der Waals surface area (Å²) in [5, 5.41) is 14.2. The van der Waals surface area contributed by atoms with E-state index in [4.69, 9.17) is 24.7 Å². The van der Waals surface area contributed by atoms with Crippen molar-refractivity contribution in [2.24, 2.45) is 17.8 Å². The van der Waals surface area contributed by atoms with E-state index in [1.54, 1.807) is 0 Å². The summed E-state index contributed by atoms with van der Waals surface area (Å²) in [6.45, 7) is 4.99. The Morgan fingerprint density at radius 2 is 1.83 bits per heavy atom. The molecule has 0 aromatic heterocycles. The maximum atomic E-state index is 13.6. The number of fused-ring (bicyclic) bond motifs is 3. The lowest BCUT2D eigenvalue weighted by Crippen LogP contribution is -2.52. The molecule has 0 spiro atoms. The SMILES string of the molecule is CC(C)CN(CC(O)C(Cc1ccccc1)NC(=O)OC1COC2OC3COCC3C12)S(=O)(=O)c1ccc(N)cc1. The minimum absolute atomic E-state index is 0.0106. The van der Waals surface area contributed by atoms with Gasteiger partial charge in [0.2, 0.25) is 10.0 Å². The smallest absolute Gasteiger partial charge is 0.407 e. The Bertz CT molecular complexity index is 1280. The first-order valence-corrected chi connectivity index (χ1v) is 15.5. The van der Waals surface area contributed by atoms with E-state index in [1.165, 1.54) is 28.6 Å². The quantitative estimate of drug-likeness (QED) is 0.335. The second-order valence-corrected chi connectivity index (χ2v) is 13.3. The number of sulfonamides is 1. The molecule has 3 saturated heterocycles. The van der Waals surface area contributed by atoms with Crippen LogP contribution in [0.1, 0.15) is 19.4 Å². The van der Waals surface area contributed by atoms with E-state index in [0.29, 0.717) is 18.9 Å². The molecule has 1 amide bonds. The molecular weight excluding hydrogens is 550 g/mol. The number of anilines is 1. The number of nitrogens with two attached hydrogens (primary N) is 1. The van der Waals surface area contributed by atoms with Crippen LogP contribution in [0.5, 0.6) is 0 Å². The highest BCUT2D eigenvalue weighted by Crippen LogP contribution is 2.43. The van der Waals surface area contributed by atoms with Crippen LogP contribution in [-0.4, -0.2) is 87.5 Å². The van der Waals surface area contributed by atoms with Crippen LogP contribution in [0.2, 0.25) is 0 Å². The fourth-order valence-electron chi connectivity index (χ4n) is 5.81. The molecule has 0 aliphatic carbocycles. The fourth-order valence-corrected chi connectivity index (χ4v) is 7.43. The van der Waals surface area contributed by atoms with Gasteiger partial charge in [-0.2, -0.15) is 4.31 Å². The summed E-state index contributed by atoms with van der Waals surface area (Å²) < 4.78 is 51.4. The van der Waals surface area contributed by atoms with Crippen molar-refractivity contribution >= 4 is 21.8 Å². The van der Waals surface area contributed by atoms with Crippen molar-refractivity contribution in [1.82, 2.24) is 9.62 Å². The third-order valence-corrected chi connectivity index (χ3v) is 9.69. The predicted octanol–water partition coefficient (Wildman–Crippen LogP) is 2.00. The molecule has 3 aliphatic rings. The molecule has 5 rings (SSSR count). The second kappa shape index (κ2) is 12.6. The zero-order valence-electron chi connectivity index (χ0n) is 23.3. The Morgan fingerprint density at radius 3 is 2.54 bits per heavy atom. The average Bonchev–Trinajstić information content (AvgIpc) is 3.62. The first-order chi connectivity index (χ1) is 19.6. The molecule has 11 nitrogen and oxygen atoms in total. The normalized spacial score (nSPS) is 27.0. The summed E-state index contributed by atoms with van der Waals surface area (Å²) >= 11 is 0. The summed E-state index contributed by atoms with van der Waals surface area (Å²) in [6.07, 6.45) is -2.70. The van der Waals surface area contributed by atoms with Gasteiger partial charge in [-0.25, -0.2) is 13.2 Å². The summed E-state index contributed by atoms with van der Waals surface area (Å²) in [7, 11) is -3.95. The molecule has 3 aliphatic heterocycles. The maximum absolute atomic E-state index is 13.6. The number of hydrogen-bond donors (Lipinski definition) is 3. The number of nitrogen functional groups attached to an aromatic ring is 1. The first kappa shape index (κ1) is 29.7. The van der Waals surface area contributed by atoms with Crippen LogP contribution in [0.3, 0.4) is 0 Å². The number of carbonyl (C=O) groups excluding carboxylic acids is 1. The summed E-state index contributed by atoms with van der Waals surface area (Å²) in [5.74, 6) is -0.0462. The maximum Gasteiger partial charge on any atom is 0.407 e. The number of carbonyl (C=O) groups is 1. The highest BCUT2D eigenvalue weighted by molar-refractivity contribution is 7.89. The Kier molecular flexibility index (Phi) is 9.17. The van der Waals surface area contributed by atoms with Gasteiger partial charge in [-0.1, -0.05) is 44.2 Å². The van der Waals surface area contributed by atoms with Gasteiger partial charge >= 0.3 is 6.09 Å². The highest BCUT2D eigenvalue weighted by Gasteiger charge is 2.56. The number of amides is 1. The molecule has 0 radical (unpaired) electrons. The van der Waals surface area contributed by atoms with Gasteiger partial charge in [0.25, 0.3) is 0 Å². The number of alkyl carbamates (subject to hydrolysis) is 1. The molecule has 3 heterocycles. The second-order valence-electron chi connectivity index (χ2n) is 11.4. The molecule has 7 atom stereocenters. The van der Waals surface area contributed by atoms with Crippen LogP contribution >= 0.6 is 0 Å². The molecule has 0 saturated carbocycles. The Labute approximate surface area is 240 Å². The molecule has 2 aromatic rings. The lowest BCUT2D eigenvalue weighted by molar-refractivity contribution is -0.123.